The molecule has 140 valence electrons. The molecule has 0 spiro atoms. The van der Waals surface area contributed by atoms with Gasteiger partial charge in [0.1, 0.15) is 0 Å². The fraction of sp³-hybridized carbons (Fsp3) is 0.556. The molecule has 0 heterocycles. The summed E-state index contributed by atoms with van der Waals surface area (Å²) in [4.78, 5) is 12.3. The third-order valence-electron chi connectivity index (χ3n) is 2.86. The standard InChI is InChI=1S/C18H29N3O3S/c1-7-23-15-10-13(8-9-14(15)24-11-12(2)3)16(22)20-21-17(25)19-18(4,5)6/h8-10,12H,7,11H2,1-6H3,(H,20,22)(H2,19,21,25). The molecule has 25 heavy (non-hydrogen) atoms. The number of benzene rings is 1. The molecule has 0 radical (unpaired) electrons. The Hall–Kier alpha value is -2.02. The van der Waals surface area contributed by atoms with Gasteiger partial charge in [0.05, 0.1) is 13.2 Å². The van der Waals surface area contributed by atoms with Gasteiger partial charge >= 0.3 is 0 Å². The van der Waals surface area contributed by atoms with Crippen LogP contribution in [0.2, 0.25) is 0 Å². The quantitative estimate of drug-likeness (QED) is 0.530. The average Bonchev–Trinajstić information content (AvgIpc) is 2.49. The van der Waals surface area contributed by atoms with Crippen molar-refractivity contribution >= 4 is 23.2 Å². The van der Waals surface area contributed by atoms with Crippen LogP contribution in [-0.2, 0) is 0 Å². The predicted molar refractivity (Wildman–Crippen MR) is 104 cm³/mol. The van der Waals surface area contributed by atoms with E-state index in [4.69, 9.17) is 21.7 Å². The van der Waals surface area contributed by atoms with Crippen molar-refractivity contribution in [3.05, 3.63) is 23.8 Å². The number of ether oxygens (including phenoxy) is 2. The van der Waals surface area contributed by atoms with Crippen LogP contribution < -0.4 is 25.6 Å². The zero-order valence-corrected chi connectivity index (χ0v) is 16.7. The highest BCUT2D eigenvalue weighted by Gasteiger charge is 2.14. The van der Waals surface area contributed by atoms with Gasteiger partial charge in [-0.1, -0.05) is 13.8 Å². The Bertz CT molecular complexity index is 598. The van der Waals surface area contributed by atoms with Crippen LogP contribution in [0.5, 0.6) is 11.5 Å². The van der Waals surface area contributed by atoms with Crippen molar-refractivity contribution in [3.63, 3.8) is 0 Å². The fourth-order valence-corrected chi connectivity index (χ4v) is 2.21. The van der Waals surface area contributed by atoms with Gasteiger partial charge in [0.25, 0.3) is 5.91 Å². The Labute approximate surface area is 155 Å². The van der Waals surface area contributed by atoms with Gasteiger partial charge in [-0.3, -0.25) is 15.6 Å². The van der Waals surface area contributed by atoms with Crippen LogP contribution in [0.3, 0.4) is 0 Å². The van der Waals surface area contributed by atoms with Crippen molar-refractivity contribution in [2.24, 2.45) is 5.92 Å². The Morgan fingerprint density at radius 2 is 1.84 bits per heavy atom. The number of rotatable bonds is 6. The van der Waals surface area contributed by atoms with E-state index in [0.29, 0.717) is 41.3 Å². The molecule has 0 aromatic heterocycles. The van der Waals surface area contributed by atoms with Crippen LogP contribution >= 0.6 is 12.2 Å². The molecular weight excluding hydrogens is 338 g/mol. The summed E-state index contributed by atoms with van der Waals surface area (Å²) >= 11 is 5.14. The molecule has 0 aliphatic heterocycles. The minimum absolute atomic E-state index is 0.188. The highest BCUT2D eigenvalue weighted by molar-refractivity contribution is 7.80. The molecule has 1 aromatic carbocycles. The Balaban J connectivity index is 2.75. The van der Waals surface area contributed by atoms with Gasteiger partial charge in [-0.2, -0.15) is 0 Å². The molecule has 0 saturated heterocycles. The van der Waals surface area contributed by atoms with Gasteiger partial charge in [0.15, 0.2) is 16.6 Å². The van der Waals surface area contributed by atoms with E-state index < -0.39 is 0 Å². The van der Waals surface area contributed by atoms with Crippen LogP contribution in [0.15, 0.2) is 18.2 Å². The molecule has 6 nitrogen and oxygen atoms in total. The maximum atomic E-state index is 12.3. The second-order valence-corrected chi connectivity index (χ2v) is 7.49. The van der Waals surface area contributed by atoms with Gasteiger partial charge in [0, 0.05) is 11.1 Å². The smallest absolute Gasteiger partial charge is 0.269 e. The van der Waals surface area contributed by atoms with E-state index >= 15 is 0 Å². The number of hydrazine groups is 1. The van der Waals surface area contributed by atoms with Crippen molar-refractivity contribution in [3.8, 4) is 11.5 Å². The molecular formula is C18H29N3O3S. The van der Waals surface area contributed by atoms with Gasteiger partial charge in [-0.15, -0.1) is 0 Å². The number of amides is 1. The SMILES string of the molecule is CCOc1cc(C(=O)NNC(=S)NC(C)(C)C)ccc1OCC(C)C. The Morgan fingerprint density at radius 1 is 1.16 bits per heavy atom. The molecule has 1 rings (SSSR count). The van der Waals surface area contributed by atoms with Crippen molar-refractivity contribution in [2.75, 3.05) is 13.2 Å². The summed E-state index contributed by atoms with van der Waals surface area (Å²) in [5.74, 6) is 1.27. The fourth-order valence-electron chi connectivity index (χ4n) is 1.85. The zero-order valence-electron chi connectivity index (χ0n) is 15.9. The molecule has 0 unspecified atom stereocenters. The van der Waals surface area contributed by atoms with E-state index in [2.05, 4.69) is 30.0 Å². The summed E-state index contributed by atoms with van der Waals surface area (Å²) in [6.45, 7) is 13.0. The van der Waals surface area contributed by atoms with Crippen LogP contribution in [0.25, 0.3) is 0 Å². The molecule has 0 saturated carbocycles. The lowest BCUT2D eigenvalue weighted by Gasteiger charge is -2.23. The molecule has 1 aromatic rings. The highest BCUT2D eigenvalue weighted by atomic mass is 32.1. The molecule has 1 amide bonds. The third kappa shape index (κ3) is 8.07. The first-order valence-corrected chi connectivity index (χ1v) is 8.81. The number of hydrogen-bond acceptors (Lipinski definition) is 4. The summed E-state index contributed by atoms with van der Waals surface area (Å²) in [6, 6.07) is 5.10. The molecule has 0 aliphatic rings. The molecule has 3 N–H and O–H groups in total. The van der Waals surface area contributed by atoms with Gasteiger partial charge < -0.3 is 14.8 Å². The summed E-state index contributed by atoms with van der Waals surface area (Å²) in [5.41, 5.74) is 5.53. The minimum Gasteiger partial charge on any atom is -0.490 e. The normalized spacial score (nSPS) is 11.0. The minimum atomic E-state index is -0.311. The van der Waals surface area contributed by atoms with Crippen molar-refractivity contribution in [1.29, 1.82) is 0 Å². The molecule has 0 aliphatic carbocycles. The monoisotopic (exact) mass is 367 g/mol. The lowest BCUT2D eigenvalue weighted by Crippen LogP contribution is -2.52. The Kier molecular flexibility index (Phi) is 7.96. The van der Waals surface area contributed by atoms with E-state index in [9.17, 15) is 4.79 Å². The van der Waals surface area contributed by atoms with E-state index in [1.54, 1.807) is 18.2 Å². The zero-order chi connectivity index (χ0) is 19.0. The number of nitrogens with one attached hydrogen (secondary N) is 3. The molecule has 0 fully saturated rings. The largest absolute Gasteiger partial charge is 0.490 e. The van der Waals surface area contributed by atoms with Crippen molar-refractivity contribution < 1.29 is 14.3 Å². The first kappa shape index (κ1) is 21.0. The topological polar surface area (TPSA) is 71.6 Å². The number of carbonyl (C=O) groups excluding carboxylic acids is 1. The summed E-state index contributed by atoms with van der Waals surface area (Å²) in [7, 11) is 0. The first-order chi connectivity index (χ1) is 11.6. The van der Waals surface area contributed by atoms with Gasteiger partial charge in [-0.05, 0) is 64.0 Å². The van der Waals surface area contributed by atoms with Gasteiger partial charge in [0.2, 0.25) is 0 Å². The maximum absolute atomic E-state index is 12.3. The number of thiocarbonyl (C=S) groups is 1. The van der Waals surface area contributed by atoms with Crippen LogP contribution in [0, 0.1) is 5.92 Å². The first-order valence-electron chi connectivity index (χ1n) is 8.40. The second kappa shape index (κ2) is 9.46. The summed E-state index contributed by atoms with van der Waals surface area (Å²) in [6.07, 6.45) is 0. The average molecular weight is 368 g/mol. The Morgan fingerprint density at radius 3 is 2.40 bits per heavy atom. The second-order valence-electron chi connectivity index (χ2n) is 7.08. The van der Waals surface area contributed by atoms with Crippen LogP contribution in [-0.4, -0.2) is 29.8 Å². The van der Waals surface area contributed by atoms with E-state index in [-0.39, 0.29) is 11.4 Å². The van der Waals surface area contributed by atoms with E-state index in [1.165, 1.54) is 0 Å². The molecule has 7 heteroatoms. The van der Waals surface area contributed by atoms with Crippen LogP contribution in [0.1, 0.15) is 51.9 Å². The summed E-state index contributed by atoms with van der Waals surface area (Å²) < 4.78 is 11.3. The van der Waals surface area contributed by atoms with E-state index in [0.717, 1.165) is 0 Å². The van der Waals surface area contributed by atoms with Crippen molar-refractivity contribution in [2.45, 2.75) is 47.1 Å². The molecule has 0 bridgehead atoms. The van der Waals surface area contributed by atoms with Gasteiger partial charge in [-0.25, -0.2) is 0 Å². The lowest BCUT2D eigenvalue weighted by molar-refractivity contribution is 0.0942. The number of hydrogen-bond donors (Lipinski definition) is 3. The van der Waals surface area contributed by atoms with E-state index in [1.807, 2.05) is 27.7 Å². The maximum Gasteiger partial charge on any atom is 0.269 e. The predicted octanol–water partition coefficient (Wildman–Crippen LogP) is 3.03. The number of carbonyl (C=O) groups is 1. The molecule has 0 atom stereocenters. The van der Waals surface area contributed by atoms with Crippen LogP contribution in [0.4, 0.5) is 0 Å². The third-order valence-corrected chi connectivity index (χ3v) is 3.06. The van der Waals surface area contributed by atoms with Crippen molar-refractivity contribution in [1.82, 2.24) is 16.2 Å². The highest BCUT2D eigenvalue weighted by Crippen LogP contribution is 2.29. The lowest BCUT2D eigenvalue weighted by atomic mass is 10.1. The summed E-state index contributed by atoms with van der Waals surface area (Å²) in [5, 5.41) is 3.40.